The van der Waals surface area contributed by atoms with E-state index in [1.807, 2.05) is 6.07 Å². The largest absolute Gasteiger partial charge is 1.00 e. The van der Waals surface area contributed by atoms with Crippen LogP contribution in [0.15, 0.2) is 72.8 Å². The minimum absolute atomic E-state index is 0. The minimum Gasteiger partial charge on any atom is -1.00 e. The highest BCUT2D eigenvalue weighted by molar-refractivity contribution is 6.42. The summed E-state index contributed by atoms with van der Waals surface area (Å²) in [4.78, 5) is 3.07. The maximum Gasteiger partial charge on any atom is 0.203 e. The summed E-state index contributed by atoms with van der Waals surface area (Å²) in [7, 11) is 0. The van der Waals surface area contributed by atoms with Crippen molar-refractivity contribution in [1.82, 2.24) is 0 Å². The molecule has 3 aromatic rings. The molecule has 0 heterocycles. The van der Waals surface area contributed by atoms with E-state index in [9.17, 15) is 8.78 Å². The van der Waals surface area contributed by atoms with Gasteiger partial charge in [-0.2, -0.15) is 0 Å². The van der Waals surface area contributed by atoms with Crippen LogP contribution in [-0.2, 0) is 0 Å². The van der Waals surface area contributed by atoms with Crippen molar-refractivity contribution < 1.29 is 26.2 Å². The average Bonchev–Trinajstić information content (AvgIpc) is 2.66. The van der Waals surface area contributed by atoms with Gasteiger partial charge >= 0.3 is 0 Å². The lowest BCUT2D eigenvalue weighted by molar-refractivity contribution is -0.346. The molecule has 144 valence electrons. The molecule has 0 amide bonds. The van der Waals surface area contributed by atoms with Crippen LogP contribution in [0.5, 0.6) is 0 Å². The number of allylic oxidation sites excluding steroid dienone is 1. The van der Waals surface area contributed by atoms with E-state index in [-0.39, 0.29) is 24.0 Å². The molecular formula is C21H15Cl3F2N2. The molecule has 0 saturated carbocycles. The van der Waals surface area contributed by atoms with Crippen LogP contribution < -0.4 is 22.7 Å². The van der Waals surface area contributed by atoms with Gasteiger partial charge in [-0.1, -0.05) is 29.3 Å². The lowest BCUT2D eigenvalue weighted by Gasteiger charge is -2.11. The van der Waals surface area contributed by atoms with Gasteiger partial charge in [-0.05, 0) is 54.1 Å². The third kappa shape index (κ3) is 6.06. The SMILES string of the molecule is Fc1ccc(NC(=CC=[NH+]c2ccc(F)cc2)c2ccc(Cl)c(Cl)c2)cc1.[Cl-]. The van der Waals surface area contributed by atoms with Crippen LogP contribution in [-0.4, -0.2) is 6.21 Å². The number of nitrogens with one attached hydrogen (secondary N) is 2. The molecule has 7 heteroatoms. The minimum atomic E-state index is -0.315. The summed E-state index contributed by atoms with van der Waals surface area (Å²) in [5, 5.41) is 4.10. The maximum absolute atomic E-state index is 13.1. The van der Waals surface area contributed by atoms with E-state index in [0.717, 1.165) is 16.9 Å². The van der Waals surface area contributed by atoms with Crippen molar-refractivity contribution in [3.63, 3.8) is 0 Å². The lowest BCUT2D eigenvalue weighted by atomic mass is 10.1. The Kier molecular flexibility index (Phi) is 8.00. The molecule has 3 rings (SSSR count). The average molecular weight is 440 g/mol. The van der Waals surface area contributed by atoms with Gasteiger partial charge in [0, 0.05) is 23.9 Å². The number of rotatable bonds is 5. The van der Waals surface area contributed by atoms with Gasteiger partial charge in [0.15, 0.2) is 6.21 Å². The summed E-state index contributed by atoms with van der Waals surface area (Å²) >= 11 is 12.1. The first-order valence-electron chi connectivity index (χ1n) is 8.05. The fourth-order valence-corrected chi connectivity index (χ4v) is 2.63. The van der Waals surface area contributed by atoms with Crippen molar-refractivity contribution >= 4 is 46.5 Å². The molecule has 0 aliphatic carbocycles. The van der Waals surface area contributed by atoms with Gasteiger partial charge in [0.05, 0.1) is 15.7 Å². The normalized spacial score (nSPS) is 11.4. The molecule has 0 aliphatic heterocycles. The highest BCUT2D eigenvalue weighted by Crippen LogP contribution is 2.27. The fraction of sp³-hybridized carbons (Fsp3) is 0. The molecule has 2 N–H and O–H groups in total. The van der Waals surface area contributed by atoms with Crippen molar-refractivity contribution in [1.29, 1.82) is 0 Å². The Balaban J connectivity index is 0.00000280. The van der Waals surface area contributed by atoms with Crippen LogP contribution in [0, 0.1) is 11.6 Å². The molecule has 0 spiro atoms. The number of hydrogen-bond acceptors (Lipinski definition) is 1. The van der Waals surface area contributed by atoms with Gasteiger partial charge in [0.2, 0.25) is 5.69 Å². The lowest BCUT2D eigenvalue weighted by Crippen LogP contribution is -3.00. The molecule has 0 radical (unpaired) electrons. The van der Waals surface area contributed by atoms with Gasteiger partial charge in [-0.25, -0.2) is 13.8 Å². The summed E-state index contributed by atoms with van der Waals surface area (Å²) in [6, 6.07) is 17.3. The van der Waals surface area contributed by atoms with Gasteiger partial charge in [-0.3, -0.25) is 0 Å². The number of anilines is 1. The summed E-state index contributed by atoms with van der Waals surface area (Å²) in [6.07, 6.45) is 3.51. The van der Waals surface area contributed by atoms with Crippen molar-refractivity contribution in [3.05, 3.63) is 100 Å². The number of benzene rings is 3. The molecule has 28 heavy (non-hydrogen) atoms. The third-order valence-electron chi connectivity index (χ3n) is 3.70. The Hall–Kier alpha value is -2.40. The standard InChI is InChI=1S/C21H14Cl2F2N2.ClH/c22-19-10-1-14(13-20(19)23)21(27-18-8-4-16(25)5-9-18)11-12-26-17-6-2-15(24)3-7-17;/h1-13,27H;1H. The van der Waals surface area contributed by atoms with Gasteiger partial charge in [-0.15, -0.1) is 0 Å². The van der Waals surface area contributed by atoms with Crippen LogP contribution in [0.25, 0.3) is 5.70 Å². The maximum atomic E-state index is 13.1. The van der Waals surface area contributed by atoms with Crippen LogP contribution >= 0.6 is 23.2 Å². The van der Waals surface area contributed by atoms with E-state index in [2.05, 4.69) is 10.3 Å². The second kappa shape index (κ2) is 10.2. The van der Waals surface area contributed by atoms with Gasteiger partial charge in [0.1, 0.15) is 11.6 Å². The van der Waals surface area contributed by atoms with Crippen molar-refractivity contribution in [2.24, 2.45) is 0 Å². The summed E-state index contributed by atoms with van der Waals surface area (Å²) in [6.45, 7) is 0. The first-order valence-corrected chi connectivity index (χ1v) is 8.80. The van der Waals surface area contributed by atoms with Crippen molar-refractivity contribution in [2.45, 2.75) is 0 Å². The molecule has 0 saturated heterocycles. The highest BCUT2D eigenvalue weighted by atomic mass is 35.5. The Labute approximate surface area is 177 Å². The first-order chi connectivity index (χ1) is 13.0. The van der Waals surface area contributed by atoms with E-state index < -0.39 is 0 Å². The highest BCUT2D eigenvalue weighted by Gasteiger charge is 2.06. The predicted octanol–water partition coefficient (Wildman–Crippen LogP) is 2.21. The number of halogens is 5. The molecule has 3 aromatic carbocycles. The molecule has 0 atom stereocenters. The van der Waals surface area contributed by atoms with Crippen LogP contribution in [0.1, 0.15) is 5.56 Å². The summed E-state index contributed by atoms with van der Waals surface area (Å²) in [5.74, 6) is -0.615. The molecule has 2 nitrogen and oxygen atoms in total. The zero-order chi connectivity index (χ0) is 19.2. The number of hydrogen-bond donors (Lipinski definition) is 2. The molecule has 0 bridgehead atoms. The van der Waals surface area contributed by atoms with E-state index in [1.165, 1.54) is 24.3 Å². The monoisotopic (exact) mass is 438 g/mol. The first kappa shape index (κ1) is 21.9. The Bertz CT molecular complexity index is 986. The van der Waals surface area contributed by atoms with Crippen LogP contribution in [0.4, 0.5) is 20.2 Å². The fourth-order valence-electron chi connectivity index (χ4n) is 2.33. The zero-order valence-corrected chi connectivity index (χ0v) is 16.7. The van der Waals surface area contributed by atoms with Gasteiger partial charge in [0.25, 0.3) is 0 Å². The second-order valence-electron chi connectivity index (χ2n) is 5.66. The third-order valence-corrected chi connectivity index (χ3v) is 4.44. The zero-order valence-electron chi connectivity index (χ0n) is 14.4. The van der Waals surface area contributed by atoms with Crippen molar-refractivity contribution in [3.8, 4) is 0 Å². The molecule has 0 unspecified atom stereocenters. The molecule has 0 aromatic heterocycles. The Morgan fingerprint density at radius 3 is 2.04 bits per heavy atom. The molecule has 0 aliphatic rings. The smallest absolute Gasteiger partial charge is 0.203 e. The van der Waals surface area contributed by atoms with Crippen LogP contribution in [0.3, 0.4) is 0 Å². The van der Waals surface area contributed by atoms with Crippen LogP contribution in [0.2, 0.25) is 10.0 Å². The topological polar surface area (TPSA) is 26.0 Å². The molecule has 0 fully saturated rings. The van der Waals surface area contributed by atoms with E-state index in [4.69, 9.17) is 23.2 Å². The van der Waals surface area contributed by atoms with Gasteiger partial charge < -0.3 is 17.7 Å². The second-order valence-corrected chi connectivity index (χ2v) is 6.47. The van der Waals surface area contributed by atoms with E-state index in [1.54, 1.807) is 48.7 Å². The van der Waals surface area contributed by atoms with E-state index in [0.29, 0.717) is 15.7 Å². The summed E-state index contributed by atoms with van der Waals surface area (Å²) < 4.78 is 26.1. The quantitative estimate of drug-likeness (QED) is 0.586. The van der Waals surface area contributed by atoms with Crippen molar-refractivity contribution in [2.75, 3.05) is 5.32 Å². The Morgan fingerprint density at radius 1 is 0.821 bits per heavy atom. The summed E-state index contributed by atoms with van der Waals surface area (Å²) in [5.41, 5.74) is 2.97. The molecular weight excluding hydrogens is 425 g/mol. The van der Waals surface area contributed by atoms with E-state index >= 15 is 0 Å². The predicted molar refractivity (Wildman–Crippen MR) is 108 cm³/mol. The Morgan fingerprint density at radius 2 is 1.43 bits per heavy atom.